The topological polar surface area (TPSA) is 61.1 Å². The van der Waals surface area contributed by atoms with Crippen LogP contribution >= 0.6 is 11.6 Å². The van der Waals surface area contributed by atoms with Crippen molar-refractivity contribution in [2.75, 3.05) is 11.0 Å². The summed E-state index contributed by atoms with van der Waals surface area (Å²) in [5.74, 6) is 0. The van der Waals surface area contributed by atoms with Crippen LogP contribution in [0.15, 0.2) is 40.0 Å². The Hall–Kier alpha value is -1.47. The molecular formula is C19H19ClIN4-. The quantitative estimate of drug-likeness (QED) is 0.396. The Kier molecular flexibility index (Phi) is 5.03. The number of aliphatic imine (C=N–C) groups is 1. The Balaban J connectivity index is 1.54. The van der Waals surface area contributed by atoms with E-state index in [1.54, 1.807) is 6.20 Å². The molecule has 6 heteroatoms. The summed E-state index contributed by atoms with van der Waals surface area (Å²) in [6, 6.07) is 2.02. The molecule has 0 atom stereocenters. The Bertz CT molecular complexity index is 851. The van der Waals surface area contributed by atoms with E-state index in [2.05, 4.69) is 16.4 Å². The molecule has 2 N–H and O–H groups in total. The van der Waals surface area contributed by atoms with Gasteiger partial charge in [-0.2, -0.15) is 0 Å². The predicted octanol–water partition coefficient (Wildman–Crippen LogP) is 0.932. The van der Waals surface area contributed by atoms with Crippen molar-refractivity contribution >= 4 is 32.9 Å². The van der Waals surface area contributed by atoms with E-state index in [1.165, 1.54) is 18.4 Å². The van der Waals surface area contributed by atoms with E-state index in [0.29, 0.717) is 5.71 Å². The van der Waals surface area contributed by atoms with Gasteiger partial charge >= 0.3 is 163 Å². The molecule has 2 aliphatic carbocycles. The summed E-state index contributed by atoms with van der Waals surface area (Å²) >= 11 is 6.25. The van der Waals surface area contributed by atoms with Crippen molar-refractivity contribution in [2.24, 2.45) is 4.99 Å². The molecule has 0 saturated heterocycles. The first-order chi connectivity index (χ1) is 12.2. The summed E-state index contributed by atoms with van der Waals surface area (Å²) in [6.07, 6.45) is 12.4. The third kappa shape index (κ3) is 3.58. The molecule has 2 heterocycles. The number of nitrogens with zero attached hydrogens (tertiary/aromatic N) is 2. The Morgan fingerprint density at radius 1 is 1.28 bits per heavy atom. The van der Waals surface area contributed by atoms with E-state index >= 15 is 0 Å². The minimum atomic E-state index is -0.109. The van der Waals surface area contributed by atoms with Crippen LogP contribution in [-0.4, -0.2) is 25.5 Å². The number of halogens is 2. The fourth-order valence-electron chi connectivity index (χ4n) is 3.24. The summed E-state index contributed by atoms with van der Waals surface area (Å²) in [5.41, 5.74) is 5.78. The van der Waals surface area contributed by atoms with Crippen LogP contribution in [0.25, 0.3) is 11.8 Å². The van der Waals surface area contributed by atoms with Crippen LogP contribution in [0.2, 0.25) is 0 Å². The molecule has 0 fully saturated rings. The molecule has 0 unspecified atom stereocenters. The monoisotopic (exact) mass is 465 g/mol. The van der Waals surface area contributed by atoms with E-state index in [0.717, 1.165) is 55.2 Å². The summed E-state index contributed by atoms with van der Waals surface area (Å²) in [4.78, 5) is 9.17. The average molecular weight is 466 g/mol. The first-order valence-corrected chi connectivity index (χ1v) is 11.4. The van der Waals surface area contributed by atoms with Crippen molar-refractivity contribution in [1.29, 1.82) is 5.41 Å². The number of hydrogen-bond donors (Lipinski definition) is 2. The second-order valence-electron chi connectivity index (χ2n) is 6.22. The molecule has 0 radical (unpaired) electrons. The summed E-state index contributed by atoms with van der Waals surface area (Å²) in [7, 11) is 0. The third-order valence-electron chi connectivity index (χ3n) is 4.59. The first kappa shape index (κ1) is 17.0. The van der Waals surface area contributed by atoms with Gasteiger partial charge in [0.25, 0.3) is 0 Å². The van der Waals surface area contributed by atoms with Gasteiger partial charge in [0.2, 0.25) is 0 Å². The molecular weight excluding hydrogens is 447 g/mol. The van der Waals surface area contributed by atoms with Crippen molar-refractivity contribution in [2.45, 2.75) is 25.7 Å². The van der Waals surface area contributed by atoms with Gasteiger partial charge in [0.15, 0.2) is 0 Å². The van der Waals surface area contributed by atoms with Gasteiger partial charge in [-0.05, 0) is 0 Å². The maximum absolute atomic E-state index is 7.95. The van der Waals surface area contributed by atoms with Crippen molar-refractivity contribution in [3.8, 4) is 0 Å². The number of alkyl halides is 1. The Morgan fingerprint density at radius 3 is 3.04 bits per heavy atom. The van der Waals surface area contributed by atoms with Crippen molar-refractivity contribution in [1.82, 2.24) is 10.3 Å². The third-order valence-corrected chi connectivity index (χ3v) is 7.26. The zero-order chi connectivity index (χ0) is 17.2. The number of fused-ring (bicyclic) bond motifs is 1. The van der Waals surface area contributed by atoms with E-state index in [-0.39, 0.29) is 21.2 Å². The van der Waals surface area contributed by atoms with Crippen LogP contribution in [0.3, 0.4) is 0 Å². The average Bonchev–Trinajstić information content (AvgIpc) is 3.03. The molecule has 0 bridgehead atoms. The fourth-order valence-corrected chi connectivity index (χ4v) is 5.50. The Labute approximate surface area is 162 Å². The van der Waals surface area contributed by atoms with Crippen molar-refractivity contribution in [3.63, 3.8) is 0 Å². The number of hydrogen-bond acceptors (Lipinski definition) is 3. The number of amidine groups is 1. The predicted molar refractivity (Wildman–Crippen MR) is 99.7 cm³/mol. The van der Waals surface area contributed by atoms with Crippen molar-refractivity contribution in [3.05, 3.63) is 51.8 Å². The number of rotatable bonds is 3. The molecule has 130 valence electrons. The van der Waals surface area contributed by atoms with Crippen molar-refractivity contribution < 1.29 is 21.2 Å². The minimum absolute atomic E-state index is 0.109. The van der Waals surface area contributed by atoms with Crippen LogP contribution in [0.4, 0.5) is 0 Å². The zero-order valence-corrected chi connectivity index (χ0v) is 16.7. The normalized spacial score (nSPS) is 21.7. The van der Waals surface area contributed by atoms with Crippen LogP contribution in [0.5, 0.6) is 0 Å². The molecule has 0 saturated carbocycles. The van der Waals surface area contributed by atoms with Crippen LogP contribution in [0, 0.1) is 5.41 Å². The molecule has 25 heavy (non-hydrogen) atoms. The molecule has 4 rings (SSSR count). The number of aromatic nitrogens is 1. The fraction of sp³-hybridized carbons (Fsp3) is 0.316. The van der Waals surface area contributed by atoms with E-state index in [9.17, 15) is 0 Å². The first-order valence-electron chi connectivity index (χ1n) is 8.46. The summed E-state index contributed by atoms with van der Waals surface area (Å²) in [6.45, 7) is 0.729. The van der Waals surface area contributed by atoms with Gasteiger partial charge in [0, 0.05) is 0 Å². The van der Waals surface area contributed by atoms with Crippen LogP contribution in [0.1, 0.15) is 42.5 Å². The summed E-state index contributed by atoms with van der Waals surface area (Å²) < 4.78 is 2.20. The zero-order valence-electron chi connectivity index (χ0n) is 13.8. The van der Waals surface area contributed by atoms with Gasteiger partial charge in [-0.1, -0.05) is 0 Å². The second-order valence-corrected chi connectivity index (χ2v) is 9.34. The molecule has 3 aliphatic rings. The van der Waals surface area contributed by atoms with Gasteiger partial charge in [0.1, 0.15) is 0 Å². The molecule has 0 amide bonds. The SMILES string of the molecule is N=C1C=Cc2c(C3=CC[I-]C(=NCC4=C(Cl)CCCC4)N3)ccnc21. The van der Waals surface area contributed by atoms with E-state index in [1.807, 2.05) is 18.2 Å². The Morgan fingerprint density at radius 2 is 2.16 bits per heavy atom. The molecule has 1 aromatic rings. The van der Waals surface area contributed by atoms with E-state index < -0.39 is 0 Å². The molecule has 0 aromatic carbocycles. The molecule has 1 aromatic heterocycles. The molecule has 4 nitrogen and oxygen atoms in total. The van der Waals surface area contributed by atoms with Gasteiger partial charge in [-0.15, -0.1) is 0 Å². The van der Waals surface area contributed by atoms with Gasteiger partial charge < -0.3 is 0 Å². The molecule has 1 aliphatic heterocycles. The standard InChI is InChI=1S/C19H19ClIN4/c20-15-4-2-1-3-12(15)11-24-19-21-9-7-17(25-19)13-8-10-23-18-14(13)5-6-16(18)22/h5-8,10,22H,1-4,9,11H2,(H,24,25)/q-1. The maximum atomic E-state index is 7.95. The van der Waals surface area contributed by atoms with Crippen LogP contribution < -0.4 is 26.5 Å². The number of nitrogens with one attached hydrogen (secondary N) is 2. The van der Waals surface area contributed by atoms with E-state index in [4.69, 9.17) is 22.0 Å². The van der Waals surface area contributed by atoms with Gasteiger partial charge in [-0.3, -0.25) is 0 Å². The molecule has 0 spiro atoms. The number of pyridine rings is 1. The number of allylic oxidation sites excluding steroid dienone is 3. The summed E-state index contributed by atoms with van der Waals surface area (Å²) in [5, 5.41) is 12.5. The van der Waals surface area contributed by atoms with Crippen LogP contribution in [-0.2, 0) is 0 Å². The second kappa shape index (κ2) is 7.41. The van der Waals surface area contributed by atoms with Gasteiger partial charge in [0.05, 0.1) is 0 Å². The van der Waals surface area contributed by atoms with Gasteiger partial charge in [-0.25, -0.2) is 0 Å².